The first-order valence-electron chi connectivity index (χ1n) is 14.9. The molecule has 0 saturated carbocycles. The third-order valence-electron chi connectivity index (χ3n) is 8.22. The molecule has 0 fully saturated rings. The van der Waals surface area contributed by atoms with Gasteiger partial charge in [-0.05, 0) is 39.3 Å². The Morgan fingerprint density at radius 2 is 0.778 bits per heavy atom. The lowest BCUT2D eigenvalue weighted by atomic mass is 9.76. The number of aromatic nitrogens is 2. The van der Waals surface area contributed by atoms with E-state index >= 15 is 0 Å². The van der Waals surface area contributed by atoms with E-state index in [1.54, 1.807) is 0 Å². The van der Waals surface area contributed by atoms with Crippen molar-refractivity contribution in [2.24, 2.45) is 4.74 Å². The van der Waals surface area contributed by atoms with Crippen molar-refractivity contribution in [3.8, 4) is 0 Å². The highest BCUT2D eigenvalue weighted by atomic mass is 127. The first kappa shape index (κ1) is 29.2. The van der Waals surface area contributed by atoms with Crippen molar-refractivity contribution < 1.29 is 0 Å². The van der Waals surface area contributed by atoms with Gasteiger partial charge in [-0.2, -0.15) is 0 Å². The summed E-state index contributed by atoms with van der Waals surface area (Å²) in [6.07, 6.45) is 2.15. The summed E-state index contributed by atoms with van der Waals surface area (Å²) in [6, 6.07) is 64.4. The maximum absolute atomic E-state index is 5.92. The van der Waals surface area contributed by atoms with Crippen LogP contribution in [0.3, 0.4) is 0 Å². The maximum atomic E-state index is 5.92. The summed E-state index contributed by atoms with van der Waals surface area (Å²) in [5, 5.41) is 3.53. The van der Waals surface area contributed by atoms with E-state index in [1.807, 2.05) is 0 Å². The highest BCUT2D eigenvalue weighted by molar-refractivity contribution is 14.1. The van der Waals surface area contributed by atoms with Gasteiger partial charge in [-0.1, -0.05) is 182 Å². The Bertz CT molecular complexity index is 1850. The molecule has 0 N–H and O–H groups in total. The number of hydrogen-bond donors (Lipinski definition) is 0. The summed E-state index contributed by atoms with van der Waals surface area (Å²) in [5.41, 5.74) is 2.67. The molecule has 0 amide bonds. The molecular formula is C40H31IN3P. The van der Waals surface area contributed by atoms with E-state index in [1.165, 1.54) is 15.9 Å². The molecule has 6 aromatic carbocycles. The smallest absolute Gasteiger partial charge is 0.231 e. The molecule has 0 unspecified atom stereocenters. The van der Waals surface area contributed by atoms with Crippen molar-refractivity contribution in [2.45, 2.75) is 5.54 Å². The third kappa shape index (κ3) is 5.28. The SMILES string of the molecule is Ic1cn(C(c2ccccc2)(c2ccccc2)c2ccccc2)c(N=P(c2ccccc2)(c2ccccc2)c2ccccc2)n1. The fourth-order valence-electron chi connectivity index (χ4n) is 6.30. The normalized spacial score (nSPS) is 11.7. The molecule has 0 bridgehead atoms. The fourth-order valence-corrected chi connectivity index (χ4v) is 10.3. The van der Waals surface area contributed by atoms with Gasteiger partial charge in [-0.15, -0.1) is 0 Å². The van der Waals surface area contributed by atoms with E-state index in [2.05, 4.69) is 215 Å². The number of benzene rings is 6. The molecule has 3 nitrogen and oxygen atoms in total. The average molecular weight is 712 g/mol. The lowest BCUT2D eigenvalue weighted by Crippen LogP contribution is -2.37. The van der Waals surface area contributed by atoms with E-state index in [-0.39, 0.29) is 0 Å². The zero-order chi connectivity index (χ0) is 30.5. The minimum Gasteiger partial charge on any atom is -0.296 e. The van der Waals surface area contributed by atoms with Crippen LogP contribution in [0.2, 0.25) is 0 Å². The summed E-state index contributed by atoms with van der Waals surface area (Å²) in [5.74, 6) is 0.681. The van der Waals surface area contributed by atoms with Crippen LogP contribution in [0, 0.1) is 3.70 Å². The monoisotopic (exact) mass is 711 g/mol. The van der Waals surface area contributed by atoms with Crippen molar-refractivity contribution in [1.29, 1.82) is 0 Å². The zero-order valence-electron chi connectivity index (χ0n) is 24.6. The molecule has 0 radical (unpaired) electrons. The van der Waals surface area contributed by atoms with E-state index in [9.17, 15) is 0 Å². The number of imidazole rings is 1. The lowest BCUT2D eigenvalue weighted by molar-refractivity contribution is 0.519. The molecule has 1 heterocycles. The van der Waals surface area contributed by atoms with Crippen LogP contribution in [-0.4, -0.2) is 9.55 Å². The van der Waals surface area contributed by atoms with Gasteiger partial charge in [0, 0.05) is 22.1 Å². The Morgan fingerprint density at radius 3 is 1.11 bits per heavy atom. The molecule has 45 heavy (non-hydrogen) atoms. The van der Waals surface area contributed by atoms with Crippen LogP contribution in [0.15, 0.2) is 193 Å². The van der Waals surface area contributed by atoms with Crippen LogP contribution >= 0.6 is 29.6 Å². The Balaban J connectivity index is 1.66. The number of hydrogen-bond acceptors (Lipinski definition) is 2. The van der Waals surface area contributed by atoms with Gasteiger partial charge in [0.1, 0.15) is 9.24 Å². The topological polar surface area (TPSA) is 30.2 Å². The molecule has 0 spiro atoms. The molecule has 5 heteroatoms. The largest absolute Gasteiger partial charge is 0.296 e. The molecule has 7 aromatic rings. The summed E-state index contributed by atoms with van der Waals surface area (Å²) in [6.45, 7) is 0. The summed E-state index contributed by atoms with van der Waals surface area (Å²) in [7, 11) is -2.59. The Hall–Kier alpha value is -4.51. The molecule has 1 aromatic heterocycles. The quantitative estimate of drug-likeness (QED) is 0.0879. The van der Waals surface area contributed by atoms with Gasteiger partial charge in [0.2, 0.25) is 5.95 Å². The van der Waals surface area contributed by atoms with E-state index in [0.717, 1.165) is 20.4 Å². The molecule has 218 valence electrons. The van der Waals surface area contributed by atoms with Gasteiger partial charge < -0.3 is 0 Å². The van der Waals surface area contributed by atoms with Gasteiger partial charge in [-0.25, -0.2) is 9.73 Å². The van der Waals surface area contributed by atoms with Crippen LogP contribution in [0.25, 0.3) is 0 Å². The minimum atomic E-state index is -2.59. The second kappa shape index (κ2) is 12.8. The number of nitrogens with zero attached hydrogens (tertiary/aromatic N) is 3. The van der Waals surface area contributed by atoms with Crippen LogP contribution in [0.1, 0.15) is 16.7 Å². The van der Waals surface area contributed by atoms with Crippen molar-refractivity contribution in [2.75, 3.05) is 0 Å². The molecule has 0 atom stereocenters. The van der Waals surface area contributed by atoms with Crippen LogP contribution in [0.5, 0.6) is 0 Å². The third-order valence-corrected chi connectivity index (χ3v) is 12.4. The van der Waals surface area contributed by atoms with Crippen molar-refractivity contribution in [3.63, 3.8) is 0 Å². The van der Waals surface area contributed by atoms with Crippen LogP contribution in [-0.2, 0) is 5.54 Å². The van der Waals surface area contributed by atoms with Crippen molar-refractivity contribution in [3.05, 3.63) is 209 Å². The van der Waals surface area contributed by atoms with Crippen LogP contribution in [0.4, 0.5) is 5.95 Å². The highest BCUT2D eigenvalue weighted by Crippen LogP contribution is 2.51. The summed E-state index contributed by atoms with van der Waals surface area (Å²) in [4.78, 5) is 5.23. The van der Waals surface area contributed by atoms with Gasteiger partial charge in [0.05, 0.1) is 7.05 Å². The van der Waals surface area contributed by atoms with Gasteiger partial charge in [0.25, 0.3) is 0 Å². The molecule has 0 aliphatic rings. The van der Waals surface area contributed by atoms with Crippen molar-refractivity contribution >= 4 is 51.5 Å². The number of halogens is 1. The summed E-state index contributed by atoms with van der Waals surface area (Å²) < 4.78 is 9.11. The second-order valence-corrected chi connectivity index (χ2v) is 14.9. The Morgan fingerprint density at radius 1 is 0.467 bits per heavy atom. The highest BCUT2D eigenvalue weighted by Gasteiger charge is 2.41. The predicted molar refractivity (Wildman–Crippen MR) is 197 cm³/mol. The van der Waals surface area contributed by atoms with Gasteiger partial charge in [0.15, 0.2) is 0 Å². The first-order chi connectivity index (χ1) is 22.2. The molecule has 0 aliphatic heterocycles. The molecular weight excluding hydrogens is 680 g/mol. The van der Waals surface area contributed by atoms with Crippen LogP contribution < -0.4 is 15.9 Å². The number of rotatable bonds is 8. The fraction of sp³-hybridized carbons (Fsp3) is 0.0250. The minimum absolute atomic E-state index is 0.681. The van der Waals surface area contributed by atoms with Gasteiger partial charge >= 0.3 is 0 Å². The Labute approximate surface area is 278 Å². The first-order valence-corrected chi connectivity index (χ1v) is 17.8. The van der Waals surface area contributed by atoms with E-state index in [0.29, 0.717) is 5.95 Å². The molecule has 0 saturated heterocycles. The van der Waals surface area contributed by atoms with E-state index < -0.39 is 12.6 Å². The molecule has 7 rings (SSSR count). The standard InChI is InChI=1S/C40H31IN3P/c41-38-31-44(40(32-19-7-1-8-20-32,33-21-9-2-10-22-33)34-23-11-3-12-24-34)39(42-38)43-45(35-25-13-4-14-26-35,36-27-15-5-16-28-36)37-29-17-6-18-30-37/h1-31H. The zero-order valence-corrected chi connectivity index (χ0v) is 27.6. The second-order valence-electron chi connectivity index (χ2n) is 10.8. The lowest BCUT2D eigenvalue weighted by Gasteiger charge is -2.38. The summed E-state index contributed by atoms with van der Waals surface area (Å²) >= 11 is 2.34. The Kier molecular flexibility index (Phi) is 8.34. The average Bonchev–Trinajstić information content (AvgIpc) is 3.49. The molecule has 0 aliphatic carbocycles. The van der Waals surface area contributed by atoms with Crippen molar-refractivity contribution in [1.82, 2.24) is 9.55 Å². The predicted octanol–water partition coefficient (Wildman–Crippen LogP) is 9.14. The van der Waals surface area contributed by atoms with E-state index in [4.69, 9.17) is 9.73 Å². The van der Waals surface area contributed by atoms with Gasteiger partial charge in [-0.3, -0.25) is 4.57 Å². The maximum Gasteiger partial charge on any atom is 0.231 e.